The summed E-state index contributed by atoms with van der Waals surface area (Å²) in [5.41, 5.74) is 4.86. The fourth-order valence-electron chi connectivity index (χ4n) is 4.36. The molecule has 0 unspecified atom stereocenters. The molecule has 2 aliphatic heterocycles. The number of hydrogen-bond acceptors (Lipinski definition) is 4. The zero-order valence-electron chi connectivity index (χ0n) is 17.5. The summed E-state index contributed by atoms with van der Waals surface area (Å²) in [4.78, 5) is 0. The van der Waals surface area contributed by atoms with Crippen LogP contribution in [0.5, 0.6) is 17.2 Å². The Morgan fingerprint density at radius 2 is 1.93 bits per heavy atom. The van der Waals surface area contributed by atoms with Gasteiger partial charge in [-0.3, -0.25) is 0 Å². The highest BCUT2D eigenvalue weighted by molar-refractivity contribution is 5.97. The molecule has 0 atom stereocenters. The fourth-order valence-corrected chi connectivity index (χ4v) is 4.36. The van der Waals surface area contributed by atoms with E-state index in [4.69, 9.17) is 14.2 Å². The van der Waals surface area contributed by atoms with E-state index in [1.54, 1.807) is 7.11 Å². The number of unbranched alkanes of at least 4 members (excludes halogenated alkanes) is 2. The Bertz CT molecular complexity index is 1080. The Morgan fingerprint density at radius 3 is 2.73 bits per heavy atom. The summed E-state index contributed by atoms with van der Waals surface area (Å²) in [5, 5.41) is 6.04. The van der Waals surface area contributed by atoms with Crippen molar-refractivity contribution in [2.75, 3.05) is 25.8 Å². The molecule has 0 saturated carbocycles. The quantitative estimate of drug-likeness (QED) is 0.481. The summed E-state index contributed by atoms with van der Waals surface area (Å²) in [5.74, 6) is 2.60. The van der Waals surface area contributed by atoms with Crippen LogP contribution in [0.25, 0.3) is 22.0 Å². The Balaban J connectivity index is 0.00000218. The highest BCUT2D eigenvalue weighted by atomic mass is 35.5. The molecule has 1 N–H and O–H groups in total. The van der Waals surface area contributed by atoms with Crippen molar-refractivity contribution in [3.63, 3.8) is 0 Å². The summed E-state index contributed by atoms with van der Waals surface area (Å²) in [6.07, 6.45) is 6.86. The van der Waals surface area contributed by atoms with Crippen molar-refractivity contribution in [2.45, 2.75) is 39.2 Å². The number of nitrogens with one attached hydrogen (secondary N) is 1. The van der Waals surface area contributed by atoms with E-state index in [2.05, 4.69) is 53.3 Å². The number of nitrogens with zero attached hydrogens (tertiary/aromatic N) is 1. The van der Waals surface area contributed by atoms with E-state index >= 15 is 0 Å². The van der Waals surface area contributed by atoms with Gasteiger partial charge in [-0.2, -0.15) is 4.57 Å². The predicted octanol–water partition coefficient (Wildman–Crippen LogP) is 1.69. The lowest BCUT2D eigenvalue weighted by Gasteiger charge is -2.18. The topological polar surface area (TPSA) is 43.6 Å². The lowest BCUT2D eigenvalue weighted by molar-refractivity contribution is -0.686. The van der Waals surface area contributed by atoms with Gasteiger partial charge in [0, 0.05) is 19.0 Å². The summed E-state index contributed by atoms with van der Waals surface area (Å²) in [6, 6.07) is 10.8. The van der Waals surface area contributed by atoms with Crippen LogP contribution in [0.2, 0.25) is 0 Å². The number of benzene rings is 2. The number of fused-ring (bicyclic) bond motifs is 5. The van der Waals surface area contributed by atoms with E-state index in [0.717, 1.165) is 48.9 Å². The Hall–Kier alpha value is -2.66. The largest absolute Gasteiger partial charge is 1.00 e. The van der Waals surface area contributed by atoms with Gasteiger partial charge in [0.15, 0.2) is 24.2 Å². The Kier molecular flexibility index (Phi) is 5.91. The molecule has 0 saturated heterocycles. The molecular weight excluding hydrogens is 400 g/mol. The molecule has 3 aromatic rings. The molecule has 0 aliphatic carbocycles. The third-order valence-corrected chi connectivity index (χ3v) is 5.93. The normalized spacial score (nSPS) is 13.4. The number of ether oxygens (including phenoxy) is 3. The van der Waals surface area contributed by atoms with Crippen LogP contribution in [0, 0.1) is 0 Å². The minimum atomic E-state index is 0. The molecule has 0 bridgehead atoms. The molecule has 2 aliphatic rings. The summed E-state index contributed by atoms with van der Waals surface area (Å²) in [7, 11) is 1.74. The SMILES string of the molecule is CCCCCNc1c(OC)ccc2cc3[n+](cc12)CCc1cc2c(cc1-3)OCO2.[Cl-]. The summed E-state index contributed by atoms with van der Waals surface area (Å²) < 4.78 is 19.2. The zero-order chi connectivity index (χ0) is 19.8. The number of aromatic nitrogens is 1. The average molecular weight is 427 g/mol. The number of methoxy groups -OCH3 is 1. The van der Waals surface area contributed by atoms with Crippen LogP contribution in [-0.4, -0.2) is 20.4 Å². The first-order chi connectivity index (χ1) is 14.3. The van der Waals surface area contributed by atoms with Gasteiger partial charge in [0.25, 0.3) is 0 Å². The number of anilines is 1. The number of aryl methyl sites for hydroxylation is 2. The van der Waals surface area contributed by atoms with Crippen LogP contribution in [0.15, 0.2) is 36.5 Å². The third-order valence-electron chi connectivity index (χ3n) is 5.93. The molecule has 2 aromatic carbocycles. The van der Waals surface area contributed by atoms with Crippen molar-refractivity contribution in [1.82, 2.24) is 0 Å². The molecule has 6 heteroatoms. The van der Waals surface area contributed by atoms with E-state index in [-0.39, 0.29) is 12.4 Å². The summed E-state index contributed by atoms with van der Waals surface area (Å²) in [6.45, 7) is 4.44. The number of hydrogen-bond donors (Lipinski definition) is 1. The van der Waals surface area contributed by atoms with Gasteiger partial charge < -0.3 is 31.9 Å². The first kappa shape index (κ1) is 20.6. The first-order valence-electron chi connectivity index (χ1n) is 10.5. The van der Waals surface area contributed by atoms with Crippen LogP contribution >= 0.6 is 0 Å². The maximum Gasteiger partial charge on any atom is 0.231 e. The molecule has 0 amide bonds. The molecule has 0 radical (unpaired) electrons. The average Bonchev–Trinajstić information content (AvgIpc) is 3.21. The van der Waals surface area contributed by atoms with Crippen LogP contribution in [0.4, 0.5) is 5.69 Å². The van der Waals surface area contributed by atoms with Gasteiger partial charge in [-0.1, -0.05) is 25.8 Å². The minimum Gasteiger partial charge on any atom is -1.00 e. The molecular formula is C24H27ClN2O3. The molecule has 30 heavy (non-hydrogen) atoms. The molecule has 5 rings (SSSR count). The third kappa shape index (κ3) is 3.52. The molecule has 1 aromatic heterocycles. The van der Waals surface area contributed by atoms with Gasteiger partial charge in [0.1, 0.15) is 5.75 Å². The molecule has 5 nitrogen and oxygen atoms in total. The second-order valence-corrected chi connectivity index (χ2v) is 7.74. The second-order valence-electron chi connectivity index (χ2n) is 7.74. The van der Waals surface area contributed by atoms with E-state index in [9.17, 15) is 0 Å². The first-order valence-corrected chi connectivity index (χ1v) is 10.5. The van der Waals surface area contributed by atoms with E-state index in [1.165, 1.54) is 40.4 Å². The Morgan fingerprint density at radius 1 is 1.10 bits per heavy atom. The fraction of sp³-hybridized carbons (Fsp3) is 0.375. The lowest BCUT2D eigenvalue weighted by Crippen LogP contribution is -3.00. The number of rotatable bonds is 6. The predicted molar refractivity (Wildman–Crippen MR) is 114 cm³/mol. The maximum absolute atomic E-state index is 5.66. The van der Waals surface area contributed by atoms with Crippen LogP contribution in [-0.2, 0) is 13.0 Å². The maximum atomic E-state index is 5.66. The molecule has 0 fully saturated rings. The van der Waals surface area contributed by atoms with Crippen molar-refractivity contribution in [1.29, 1.82) is 0 Å². The number of halogens is 1. The smallest absolute Gasteiger partial charge is 0.231 e. The van der Waals surface area contributed by atoms with Crippen LogP contribution < -0.4 is 36.5 Å². The standard InChI is InChI=1S/C24H26N2O3.ClH/c1-3-4-5-9-25-24-19-14-26-10-8-17-12-22-23(29-15-28-22)13-18(17)20(26)11-16(19)6-7-21(24)27-2;/h6-7,11-14H,3-5,8-10,15H2,1-2H3;1H. The number of pyridine rings is 1. The Labute approximate surface area is 183 Å². The van der Waals surface area contributed by atoms with Crippen molar-refractivity contribution >= 4 is 16.5 Å². The monoisotopic (exact) mass is 426 g/mol. The van der Waals surface area contributed by atoms with Gasteiger partial charge >= 0.3 is 0 Å². The molecule has 158 valence electrons. The highest BCUT2D eigenvalue weighted by Crippen LogP contribution is 2.41. The summed E-state index contributed by atoms with van der Waals surface area (Å²) >= 11 is 0. The van der Waals surface area contributed by atoms with Gasteiger partial charge in [0.05, 0.1) is 23.7 Å². The molecule has 0 spiro atoms. The van der Waals surface area contributed by atoms with Crippen molar-refractivity contribution in [3.05, 3.63) is 42.1 Å². The molecule has 3 heterocycles. The van der Waals surface area contributed by atoms with Gasteiger partial charge in [0.2, 0.25) is 12.5 Å². The minimum absolute atomic E-state index is 0. The van der Waals surface area contributed by atoms with Gasteiger partial charge in [-0.15, -0.1) is 0 Å². The van der Waals surface area contributed by atoms with E-state index in [1.807, 2.05) is 0 Å². The van der Waals surface area contributed by atoms with Crippen molar-refractivity contribution < 1.29 is 31.2 Å². The lowest BCUT2D eigenvalue weighted by atomic mass is 9.95. The zero-order valence-corrected chi connectivity index (χ0v) is 18.2. The van der Waals surface area contributed by atoms with Crippen LogP contribution in [0.1, 0.15) is 31.7 Å². The van der Waals surface area contributed by atoms with Crippen molar-refractivity contribution in [3.8, 4) is 28.5 Å². The van der Waals surface area contributed by atoms with Crippen molar-refractivity contribution in [2.24, 2.45) is 0 Å². The highest BCUT2D eigenvalue weighted by Gasteiger charge is 2.28. The van der Waals surface area contributed by atoms with Crippen LogP contribution in [0.3, 0.4) is 0 Å². The van der Waals surface area contributed by atoms with E-state index in [0.29, 0.717) is 6.79 Å². The van der Waals surface area contributed by atoms with E-state index < -0.39 is 0 Å². The second kappa shape index (κ2) is 8.60. The van der Waals surface area contributed by atoms with Gasteiger partial charge in [-0.25, -0.2) is 0 Å². The van der Waals surface area contributed by atoms with Gasteiger partial charge in [-0.05, 0) is 35.6 Å².